The second-order valence-corrected chi connectivity index (χ2v) is 8.84. The third-order valence-electron chi connectivity index (χ3n) is 4.78. The number of carbonyl (C=O) groups is 1. The Kier molecular flexibility index (Phi) is 6.83. The first-order valence-electron chi connectivity index (χ1n) is 9.92. The second-order valence-electron chi connectivity index (χ2n) is 8.40. The lowest BCUT2D eigenvalue weighted by molar-refractivity contribution is -0.147. The summed E-state index contributed by atoms with van der Waals surface area (Å²) in [5.41, 5.74) is 2.77. The number of aryl methyl sites for hydroxylation is 1. The zero-order chi connectivity index (χ0) is 22.8. The maximum Gasteiger partial charge on any atom is 0.306 e. The Balaban J connectivity index is 1.92. The SMILES string of the molecule is CC(C)(C)c1cc(CCC(=O)OCC(O)CO)cc(-n2nc3ccc(Cl)cc3n2)c1O. The molecule has 2 aromatic carbocycles. The van der Waals surface area contributed by atoms with Crippen molar-refractivity contribution in [2.45, 2.75) is 45.1 Å². The van der Waals surface area contributed by atoms with Crippen LogP contribution in [0, 0.1) is 0 Å². The molecule has 0 amide bonds. The van der Waals surface area contributed by atoms with E-state index >= 15 is 0 Å². The quantitative estimate of drug-likeness (QED) is 0.476. The molecule has 0 aliphatic carbocycles. The smallest absolute Gasteiger partial charge is 0.306 e. The molecule has 3 aromatic rings. The van der Waals surface area contributed by atoms with Crippen molar-refractivity contribution in [2.24, 2.45) is 0 Å². The van der Waals surface area contributed by atoms with Crippen molar-refractivity contribution in [3.8, 4) is 11.4 Å². The molecule has 0 fully saturated rings. The molecule has 9 heteroatoms. The predicted molar refractivity (Wildman–Crippen MR) is 117 cm³/mol. The number of hydrogen-bond acceptors (Lipinski definition) is 7. The minimum atomic E-state index is -1.09. The van der Waals surface area contributed by atoms with Gasteiger partial charge in [-0.15, -0.1) is 15.0 Å². The number of phenols is 1. The van der Waals surface area contributed by atoms with Gasteiger partial charge in [-0.25, -0.2) is 0 Å². The predicted octanol–water partition coefficient (Wildman–Crippen LogP) is 2.91. The van der Waals surface area contributed by atoms with Crippen LogP contribution in [0.1, 0.15) is 38.3 Å². The van der Waals surface area contributed by atoms with Crippen LogP contribution >= 0.6 is 11.6 Å². The van der Waals surface area contributed by atoms with E-state index in [-0.39, 0.29) is 24.2 Å². The van der Waals surface area contributed by atoms with Gasteiger partial charge in [0.2, 0.25) is 0 Å². The molecule has 8 nitrogen and oxygen atoms in total. The van der Waals surface area contributed by atoms with Gasteiger partial charge in [-0.3, -0.25) is 4.79 Å². The molecule has 0 aliphatic heterocycles. The van der Waals surface area contributed by atoms with Crippen LogP contribution in [0.15, 0.2) is 30.3 Å². The minimum absolute atomic E-state index is 0.0660. The van der Waals surface area contributed by atoms with E-state index in [1.165, 1.54) is 4.80 Å². The first-order chi connectivity index (χ1) is 14.6. The number of nitrogens with zero attached hydrogens (tertiary/aromatic N) is 3. The normalized spacial score (nSPS) is 12.8. The van der Waals surface area contributed by atoms with Crippen molar-refractivity contribution >= 4 is 28.6 Å². The molecule has 31 heavy (non-hydrogen) atoms. The molecule has 0 saturated heterocycles. The number of halogens is 1. The molecule has 0 spiro atoms. The van der Waals surface area contributed by atoms with Crippen LogP contribution in [0.4, 0.5) is 0 Å². The summed E-state index contributed by atoms with van der Waals surface area (Å²) in [5.74, 6) is -0.423. The van der Waals surface area contributed by atoms with Crippen molar-refractivity contribution < 1.29 is 24.9 Å². The Morgan fingerprint density at radius 3 is 2.58 bits per heavy atom. The number of aliphatic hydroxyl groups is 2. The van der Waals surface area contributed by atoms with Crippen molar-refractivity contribution in [1.29, 1.82) is 0 Å². The zero-order valence-corrected chi connectivity index (χ0v) is 18.4. The minimum Gasteiger partial charge on any atom is -0.505 e. The monoisotopic (exact) mass is 447 g/mol. The van der Waals surface area contributed by atoms with E-state index < -0.39 is 18.7 Å². The van der Waals surface area contributed by atoms with Crippen LogP contribution in [-0.2, 0) is 21.4 Å². The summed E-state index contributed by atoms with van der Waals surface area (Å²) in [5, 5.41) is 38.5. The van der Waals surface area contributed by atoms with E-state index in [4.69, 9.17) is 21.4 Å². The van der Waals surface area contributed by atoms with Crippen molar-refractivity contribution in [2.75, 3.05) is 13.2 Å². The summed E-state index contributed by atoms with van der Waals surface area (Å²) in [6.07, 6.45) is -0.655. The third-order valence-corrected chi connectivity index (χ3v) is 5.02. The Morgan fingerprint density at radius 1 is 1.19 bits per heavy atom. The molecule has 1 unspecified atom stereocenters. The number of esters is 1. The molecule has 0 aliphatic rings. The van der Waals surface area contributed by atoms with Gasteiger partial charge >= 0.3 is 5.97 Å². The molecule has 1 atom stereocenters. The first kappa shape index (κ1) is 23.0. The lowest BCUT2D eigenvalue weighted by atomic mass is 9.84. The molecule has 1 aromatic heterocycles. The first-order valence-corrected chi connectivity index (χ1v) is 10.3. The molecule has 3 N–H and O–H groups in total. The standard InChI is InChI=1S/C22H26ClN3O5/c1-22(2,3)16-8-13(4-7-20(29)31-12-15(28)11-27)9-19(21(16)30)26-24-17-6-5-14(23)10-18(17)25-26/h5-6,8-10,15,27-28,30H,4,7,11-12H2,1-3H3. The fourth-order valence-corrected chi connectivity index (χ4v) is 3.27. The van der Waals surface area contributed by atoms with E-state index in [0.717, 1.165) is 5.56 Å². The molecular weight excluding hydrogens is 422 g/mol. The second kappa shape index (κ2) is 9.21. The van der Waals surface area contributed by atoms with Gasteiger partial charge < -0.3 is 20.1 Å². The largest absolute Gasteiger partial charge is 0.505 e. The number of benzene rings is 2. The van der Waals surface area contributed by atoms with Gasteiger partial charge in [0.05, 0.1) is 6.61 Å². The maximum atomic E-state index is 12.0. The van der Waals surface area contributed by atoms with Crippen LogP contribution in [0.5, 0.6) is 5.75 Å². The Bertz CT molecular complexity index is 1090. The number of ether oxygens (including phenoxy) is 1. The number of rotatable bonds is 7. The summed E-state index contributed by atoms with van der Waals surface area (Å²) < 4.78 is 4.96. The third kappa shape index (κ3) is 5.52. The van der Waals surface area contributed by atoms with Crippen LogP contribution in [0.3, 0.4) is 0 Å². The van der Waals surface area contributed by atoms with Crippen molar-refractivity contribution in [1.82, 2.24) is 15.0 Å². The fourth-order valence-electron chi connectivity index (χ4n) is 3.10. The topological polar surface area (TPSA) is 118 Å². The van der Waals surface area contributed by atoms with Gasteiger partial charge in [0.1, 0.15) is 35.2 Å². The highest BCUT2D eigenvalue weighted by Crippen LogP contribution is 2.36. The number of hydrogen-bond donors (Lipinski definition) is 3. The Hall–Kier alpha value is -2.68. The highest BCUT2D eigenvalue weighted by atomic mass is 35.5. The number of aromatic hydroxyl groups is 1. The number of fused-ring (bicyclic) bond motifs is 1. The van der Waals surface area contributed by atoms with Gasteiger partial charge in [-0.1, -0.05) is 38.4 Å². The average Bonchev–Trinajstić information content (AvgIpc) is 3.13. The van der Waals surface area contributed by atoms with E-state index in [0.29, 0.717) is 33.7 Å². The summed E-state index contributed by atoms with van der Waals surface area (Å²) in [7, 11) is 0. The Labute approximate surface area is 185 Å². The molecule has 0 saturated carbocycles. The van der Waals surface area contributed by atoms with E-state index in [9.17, 15) is 15.0 Å². The molecule has 0 bridgehead atoms. The van der Waals surface area contributed by atoms with Crippen LogP contribution in [0.2, 0.25) is 5.02 Å². The van der Waals surface area contributed by atoms with Crippen molar-refractivity contribution in [3.63, 3.8) is 0 Å². The lowest BCUT2D eigenvalue weighted by Crippen LogP contribution is -2.22. The maximum absolute atomic E-state index is 12.0. The molecule has 0 radical (unpaired) electrons. The lowest BCUT2D eigenvalue weighted by Gasteiger charge is -2.23. The van der Waals surface area contributed by atoms with Crippen LogP contribution in [-0.4, -0.2) is 55.6 Å². The molecule has 1 heterocycles. The highest BCUT2D eigenvalue weighted by molar-refractivity contribution is 6.31. The van der Waals surface area contributed by atoms with Gasteiger partial charge in [0.15, 0.2) is 0 Å². The zero-order valence-electron chi connectivity index (χ0n) is 17.7. The highest BCUT2D eigenvalue weighted by Gasteiger charge is 2.23. The number of carbonyl (C=O) groups excluding carboxylic acids is 1. The van der Waals surface area contributed by atoms with Gasteiger partial charge in [0.25, 0.3) is 0 Å². The van der Waals surface area contributed by atoms with Crippen LogP contribution < -0.4 is 0 Å². The molecule has 3 rings (SSSR count). The number of phenolic OH excluding ortho intramolecular Hbond substituents is 1. The fraction of sp³-hybridized carbons (Fsp3) is 0.409. The molecular formula is C22H26ClN3O5. The Morgan fingerprint density at radius 2 is 1.90 bits per heavy atom. The van der Waals surface area contributed by atoms with Crippen LogP contribution in [0.25, 0.3) is 16.7 Å². The summed E-state index contributed by atoms with van der Waals surface area (Å²) in [6.45, 7) is 5.21. The van der Waals surface area contributed by atoms with E-state index in [1.807, 2.05) is 26.8 Å². The molecule has 166 valence electrons. The van der Waals surface area contributed by atoms with Gasteiger partial charge in [-0.2, -0.15) is 0 Å². The van der Waals surface area contributed by atoms with Gasteiger partial charge in [-0.05, 0) is 41.7 Å². The average molecular weight is 448 g/mol. The van der Waals surface area contributed by atoms with Crippen molar-refractivity contribution in [3.05, 3.63) is 46.5 Å². The summed E-state index contributed by atoms with van der Waals surface area (Å²) in [6, 6.07) is 8.76. The summed E-state index contributed by atoms with van der Waals surface area (Å²) in [4.78, 5) is 13.3. The number of aromatic nitrogens is 3. The number of aliphatic hydroxyl groups excluding tert-OH is 2. The van der Waals surface area contributed by atoms with Gasteiger partial charge in [0, 0.05) is 17.0 Å². The van der Waals surface area contributed by atoms with E-state index in [2.05, 4.69) is 10.2 Å². The summed E-state index contributed by atoms with van der Waals surface area (Å²) >= 11 is 6.04. The van der Waals surface area contributed by atoms with E-state index in [1.54, 1.807) is 24.3 Å².